The van der Waals surface area contributed by atoms with Crippen molar-refractivity contribution in [3.05, 3.63) is 24.3 Å². The lowest BCUT2D eigenvalue weighted by Gasteiger charge is -2.37. The summed E-state index contributed by atoms with van der Waals surface area (Å²) < 4.78 is 10.7. The summed E-state index contributed by atoms with van der Waals surface area (Å²) in [5.41, 5.74) is 1.82. The molecule has 1 aliphatic rings. The Hall–Kier alpha value is -1.79. The fourth-order valence-corrected chi connectivity index (χ4v) is 2.66. The zero-order valence-electron chi connectivity index (χ0n) is 13.5. The van der Waals surface area contributed by atoms with Crippen LogP contribution in [0.2, 0.25) is 0 Å². The summed E-state index contributed by atoms with van der Waals surface area (Å²) in [6, 6.07) is 7.61. The van der Waals surface area contributed by atoms with Gasteiger partial charge in [0.1, 0.15) is 0 Å². The van der Waals surface area contributed by atoms with E-state index in [2.05, 4.69) is 29.4 Å². The van der Waals surface area contributed by atoms with Crippen molar-refractivity contribution in [2.24, 2.45) is 0 Å². The van der Waals surface area contributed by atoms with Gasteiger partial charge in [0.05, 0.1) is 30.2 Å². The van der Waals surface area contributed by atoms with E-state index in [-0.39, 0.29) is 18.2 Å². The van der Waals surface area contributed by atoms with Crippen LogP contribution in [0.15, 0.2) is 24.3 Å². The van der Waals surface area contributed by atoms with E-state index in [4.69, 9.17) is 9.47 Å². The molecule has 122 valence electrons. The summed E-state index contributed by atoms with van der Waals surface area (Å²) in [5, 5.41) is 5.67. The molecule has 2 N–H and O–H groups in total. The number of nitrogens with one attached hydrogen (secondary N) is 2. The minimum absolute atomic E-state index is 0.173. The molecule has 1 aromatic rings. The quantitative estimate of drug-likeness (QED) is 0.818. The van der Waals surface area contributed by atoms with Crippen molar-refractivity contribution in [2.75, 3.05) is 43.6 Å². The van der Waals surface area contributed by atoms with Crippen molar-refractivity contribution in [1.82, 2.24) is 5.32 Å². The van der Waals surface area contributed by atoms with Gasteiger partial charge < -0.3 is 25.0 Å². The molecule has 6 nitrogen and oxygen atoms in total. The number of carbonyl (C=O) groups excluding carboxylic acids is 1. The summed E-state index contributed by atoms with van der Waals surface area (Å²) in [4.78, 5) is 14.2. The molecule has 0 spiro atoms. The van der Waals surface area contributed by atoms with Crippen LogP contribution < -0.4 is 15.5 Å². The molecule has 0 bridgehead atoms. The fourth-order valence-electron chi connectivity index (χ4n) is 2.66. The van der Waals surface area contributed by atoms with Crippen LogP contribution >= 0.6 is 0 Å². The van der Waals surface area contributed by atoms with Crippen molar-refractivity contribution in [3.8, 4) is 0 Å². The summed E-state index contributed by atoms with van der Waals surface area (Å²) in [6.45, 7) is 6.73. The van der Waals surface area contributed by atoms with Gasteiger partial charge in [-0.3, -0.25) is 0 Å². The van der Waals surface area contributed by atoms with Gasteiger partial charge >= 0.3 is 6.03 Å². The molecule has 2 atom stereocenters. The average Bonchev–Trinajstić information content (AvgIpc) is 2.47. The van der Waals surface area contributed by atoms with Crippen molar-refractivity contribution in [3.63, 3.8) is 0 Å². The topological polar surface area (TPSA) is 62.8 Å². The molecule has 2 unspecified atom stereocenters. The third kappa shape index (κ3) is 4.61. The molecule has 1 heterocycles. The molecular formula is C16H25N3O3. The van der Waals surface area contributed by atoms with E-state index in [9.17, 15) is 4.79 Å². The predicted octanol–water partition coefficient (Wildman–Crippen LogP) is 2.07. The molecule has 1 aromatic carbocycles. The van der Waals surface area contributed by atoms with Crippen molar-refractivity contribution >= 4 is 17.4 Å². The highest BCUT2D eigenvalue weighted by Crippen LogP contribution is 2.28. The summed E-state index contributed by atoms with van der Waals surface area (Å²) in [7, 11) is 1.61. The number of morpholine rings is 1. The Labute approximate surface area is 131 Å². The van der Waals surface area contributed by atoms with Gasteiger partial charge in [0, 0.05) is 26.7 Å². The normalized spacial score (nSPS) is 21.5. The van der Waals surface area contributed by atoms with E-state index in [1.54, 1.807) is 7.11 Å². The van der Waals surface area contributed by atoms with Crippen molar-refractivity contribution in [1.29, 1.82) is 0 Å². The third-order valence-corrected chi connectivity index (χ3v) is 3.50. The Balaban J connectivity index is 2.04. The number of para-hydroxylation sites is 2. The molecule has 2 amide bonds. The standard InChI is InChI=1S/C16H25N3O3/c1-12-10-19(11-13(2)22-12)15-7-5-4-6-14(15)18-16(20)17-8-9-21-3/h4-7,12-13H,8-11H2,1-3H3,(H2,17,18,20). The van der Waals surface area contributed by atoms with Crippen molar-refractivity contribution in [2.45, 2.75) is 26.1 Å². The van der Waals surface area contributed by atoms with Crippen LogP contribution in [0, 0.1) is 0 Å². The molecule has 0 radical (unpaired) electrons. The SMILES string of the molecule is COCCNC(=O)Nc1ccccc1N1CC(C)OC(C)C1. The maximum atomic E-state index is 11.9. The smallest absolute Gasteiger partial charge is 0.319 e. The number of rotatable bonds is 5. The molecule has 2 rings (SSSR count). The minimum atomic E-state index is -0.223. The largest absolute Gasteiger partial charge is 0.383 e. The van der Waals surface area contributed by atoms with Crippen LogP contribution in [-0.2, 0) is 9.47 Å². The Morgan fingerprint density at radius 2 is 2.00 bits per heavy atom. The first-order valence-electron chi connectivity index (χ1n) is 7.63. The van der Waals surface area contributed by atoms with Gasteiger partial charge in [0.2, 0.25) is 0 Å². The second kappa shape index (κ2) is 8.00. The van der Waals surface area contributed by atoms with Crippen LogP contribution in [0.4, 0.5) is 16.2 Å². The van der Waals surface area contributed by atoms with Gasteiger partial charge in [-0.2, -0.15) is 0 Å². The molecule has 22 heavy (non-hydrogen) atoms. The van der Waals surface area contributed by atoms with Gasteiger partial charge in [0.15, 0.2) is 0 Å². The third-order valence-electron chi connectivity index (χ3n) is 3.50. The van der Waals surface area contributed by atoms with E-state index in [0.29, 0.717) is 13.2 Å². The highest BCUT2D eigenvalue weighted by Gasteiger charge is 2.24. The van der Waals surface area contributed by atoms with Gasteiger partial charge in [-0.1, -0.05) is 12.1 Å². The maximum absolute atomic E-state index is 11.9. The van der Waals surface area contributed by atoms with Crippen LogP contribution in [0.3, 0.4) is 0 Å². The Kier molecular flexibility index (Phi) is 6.03. The summed E-state index contributed by atoms with van der Waals surface area (Å²) >= 11 is 0. The number of anilines is 2. The van der Waals surface area contributed by atoms with Crippen LogP contribution in [0.25, 0.3) is 0 Å². The van der Waals surface area contributed by atoms with Gasteiger partial charge in [-0.05, 0) is 26.0 Å². The summed E-state index contributed by atoms with van der Waals surface area (Å²) in [6.07, 6.45) is 0.347. The molecule has 6 heteroatoms. The average molecular weight is 307 g/mol. The molecule has 0 aliphatic carbocycles. The van der Waals surface area contributed by atoms with Gasteiger partial charge in [0.25, 0.3) is 0 Å². The number of nitrogens with zero attached hydrogens (tertiary/aromatic N) is 1. The number of ether oxygens (including phenoxy) is 2. The molecule has 1 saturated heterocycles. The van der Waals surface area contributed by atoms with Crippen LogP contribution in [0.1, 0.15) is 13.8 Å². The number of benzene rings is 1. The number of urea groups is 1. The van der Waals surface area contributed by atoms with Gasteiger partial charge in [-0.25, -0.2) is 4.79 Å². The first-order chi connectivity index (χ1) is 10.6. The fraction of sp³-hybridized carbons (Fsp3) is 0.562. The molecule has 0 aromatic heterocycles. The maximum Gasteiger partial charge on any atom is 0.319 e. The monoisotopic (exact) mass is 307 g/mol. The number of methoxy groups -OCH3 is 1. The van der Waals surface area contributed by atoms with E-state index in [0.717, 1.165) is 24.5 Å². The first-order valence-corrected chi connectivity index (χ1v) is 7.63. The number of hydrogen-bond acceptors (Lipinski definition) is 4. The van der Waals surface area contributed by atoms with Crippen LogP contribution in [0.5, 0.6) is 0 Å². The first kappa shape index (κ1) is 16.6. The van der Waals surface area contributed by atoms with Crippen molar-refractivity contribution < 1.29 is 14.3 Å². The van der Waals surface area contributed by atoms with Crippen LogP contribution in [-0.4, -0.2) is 51.6 Å². The Bertz CT molecular complexity index is 485. The van der Waals surface area contributed by atoms with E-state index >= 15 is 0 Å². The second-order valence-electron chi connectivity index (χ2n) is 5.55. The number of carbonyl (C=O) groups is 1. The highest BCUT2D eigenvalue weighted by atomic mass is 16.5. The number of amides is 2. The lowest BCUT2D eigenvalue weighted by molar-refractivity contribution is -0.00517. The second-order valence-corrected chi connectivity index (χ2v) is 5.55. The minimum Gasteiger partial charge on any atom is -0.383 e. The zero-order chi connectivity index (χ0) is 15.9. The Morgan fingerprint density at radius 1 is 1.32 bits per heavy atom. The molecule has 0 saturated carbocycles. The highest BCUT2D eigenvalue weighted by molar-refractivity contribution is 5.93. The lowest BCUT2D eigenvalue weighted by Crippen LogP contribution is -2.45. The van der Waals surface area contributed by atoms with Gasteiger partial charge in [-0.15, -0.1) is 0 Å². The van der Waals surface area contributed by atoms with E-state index in [1.165, 1.54) is 0 Å². The molecule has 1 aliphatic heterocycles. The predicted molar refractivity (Wildman–Crippen MR) is 87.6 cm³/mol. The molecular weight excluding hydrogens is 282 g/mol. The lowest BCUT2D eigenvalue weighted by atomic mass is 10.1. The Morgan fingerprint density at radius 3 is 2.68 bits per heavy atom. The van der Waals surface area contributed by atoms with E-state index in [1.807, 2.05) is 24.3 Å². The summed E-state index contributed by atoms with van der Waals surface area (Å²) in [5.74, 6) is 0. The van der Waals surface area contributed by atoms with E-state index < -0.39 is 0 Å². The zero-order valence-corrected chi connectivity index (χ0v) is 13.5. The molecule has 1 fully saturated rings. The number of hydrogen-bond donors (Lipinski definition) is 2.